The first kappa shape index (κ1) is 9.94. The molecule has 2 rings (SSSR count). The fraction of sp³-hybridized carbons (Fsp3) is 0.455. The predicted octanol–water partition coefficient (Wildman–Crippen LogP) is 0.751. The van der Waals surface area contributed by atoms with Crippen LogP contribution in [0.25, 0.3) is 0 Å². The number of nitrogens with zero attached hydrogens (tertiary/aromatic N) is 3. The molecule has 1 N–H and O–H groups in total. The fourth-order valence-electron chi connectivity index (χ4n) is 1.87. The molecule has 0 bridgehead atoms. The zero-order chi connectivity index (χ0) is 10.7. The van der Waals surface area contributed by atoms with Crippen molar-refractivity contribution in [1.29, 1.82) is 5.26 Å². The van der Waals surface area contributed by atoms with Crippen LogP contribution < -0.4 is 10.2 Å². The Balaban J connectivity index is 2.24. The van der Waals surface area contributed by atoms with Crippen LogP contribution in [0.5, 0.6) is 0 Å². The first-order valence-electron chi connectivity index (χ1n) is 5.14. The molecule has 78 valence electrons. The molecular weight excluding hydrogens is 188 g/mol. The van der Waals surface area contributed by atoms with E-state index in [1.807, 2.05) is 12.3 Å². The molecule has 1 fully saturated rings. The van der Waals surface area contributed by atoms with Crippen molar-refractivity contribution in [2.75, 3.05) is 24.5 Å². The summed E-state index contributed by atoms with van der Waals surface area (Å²) in [6.07, 6.45) is 3.42. The zero-order valence-electron chi connectivity index (χ0n) is 8.77. The number of anilines is 1. The van der Waals surface area contributed by atoms with Gasteiger partial charge in [-0.3, -0.25) is 4.98 Å². The number of nitriles is 1. The lowest BCUT2D eigenvalue weighted by molar-refractivity contribution is 0.500. The monoisotopic (exact) mass is 202 g/mol. The maximum atomic E-state index is 8.81. The number of hydrogen-bond donors (Lipinski definition) is 1. The fourth-order valence-corrected chi connectivity index (χ4v) is 1.87. The Hall–Kier alpha value is -1.60. The Morgan fingerprint density at radius 1 is 1.60 bits per heavy atom. The number of aromatic nitrogens is 1. The summed E-state index contributed by atoms with van der Waals surface area (Å²) in [6, 6.07) is 4.47. The summed E-state index contributed by atoms with van der Waals surface area (Å²) in [7, 11) is 0. The summed E-state index contributed by atoms with van der Waals surface area (Å²) in [5.74, 6) is 0. The average Bonchev–Trinajstić information content (AvgIpc) is 2.30. The van der Waals surface area contributed by atoms with E-state index in [0.29, 0.717) is 11.6 Å². The van der Waals surface area contributed by atoms with Gasteiger partial charge in [0.15, 0.2) is 0 Å². The highest BCUT2D eigenvalue weighted by Gasteiger charge is 2.18. The second-order valence-electron chi connectivity index (χ2n) is 3.79. The molecule has 15 heavy (non-hydrogen) atoms. The Morgan fingerprint density at radius 2 is 2.47 bits per heavy atom. The molecule has 0 saturated carbocycles. The molecule has 0 radical (unpaired) electrons. The van der Waals surface area contributed by atoms with Gasteiger partial charge in [0.2, 0.25) is 0 Å². The van der Waals surface area contributed by atoms with Crippen LogP contribution in [0.2, 0.25) is 0 Å². The molecule has 1 aliphatic heterocycles. The van der Waals surface area contributed by atoms with Crippen LogP contribution in [-0.4, -0.2) is 30.7 Å². The predicted molar refractivity (Wildman–Crippen MR) is 58.6 cm³/mol. The highest BCUT2D eigenvalue weighted by molar-refractivity contribution is 5.50. The Kier molecular flexibility index (Phi) is 2.84. The number of nitrogens with one attached hydrogen (secondary N) is 1. The Morgan fingerprint density at radius 3 is 3.20 bits per heavy atom. The first-order chi connectivity index (χ1) is 7.31. The molecule has 0 unspecified atom stereocenters. The van der Waals surface area contributed by atoms with Gasteiger partial charge >= 0.3 is 0 Å². The molecule has 0 aliphatic carbocycles. The number of hydrogen-bond acceptors (Lipinski definition) is 4. The van der Waals surface area contributed by atoms with Gasteiger partial charge in [-0.1, -0.05) is 0 Å². The minimum Gasteiger partial charge on any atom is -0.365 e. The van der Waals surface area contributed by atoms with Crippen LogP contribution in [0.3, 0.4) is 0 Å². The highest BCUT2D eigenvalue weighted by Crippen LogP contribution is 2.17. The van der Waals surface area contributed by atoms with Gasteiger partial charge in [-0.25, -0.2) is 0 Å². The second-order valence-corrected chi connectivity index (χ2v) is 3.79. The summed E-state index contributed by atoms with van der Waals surface area (Å²) in [5, 5.41) is 12.1. The highest BCUT2D eigenvalue weighted by atomic mass is 15.2. The van der Waals surface area contributed by atoms with Crippen LogP contribution >= 0.6 is 0 Å². The lowest BCUT2D eigenvalue weighted by Crippen LogP contribution is -2.49. The van der Waals surface area contributed by atoms with Crippen LogP contribution in [0.15, 0.2) is 18.5 Å². The van der Waals surface area contributed by atoms with Gasteiger partial charge in [-0.15, -0.1) is 0 Å². The third-order valence-electron chi connectivity index (χ3n) is 2.69. The van der Waals surface area contributed by atoms with Crippen LogP contribution in [0, 0.1) is 11.3 Å². The molecular formula is C11H14N4. The third-order valence-corrected chi connectivity index (χ3v) is 2.69. The molecule has 1 aromatic rings. The molecule has 4 nitrogen and oxygen atoms in total. The van der Waals surface area contributed by atoms with Crippen molar-refractivity contribution in [2.24, 2.45) is 0 Å². The van der Waals surface area contributed by atoms with Crippen molar-refractivity contribution < 1.29 is 0 Å². The summed E-state index contributed by atoms with van der Waals surface area (Å²) >= 11 is 0. The lowest BCUT2D eigenvalue weighted by Gasteiger charge is -2.35. The van der Waals surface area contributed by atoms with E-state index in [1.54, 1.807) is 6.20 Å². The van der Waals surface area contributed by atoms with Crippen molar-refractivity contribution in [1.82, 2.24) is 10.3 Å². The summed E-state index contributed by atoms with van der Waals surface area (Å²) in [5.41, 5.74) is 1.67. The normalized spacial score (nSPS) is 21.1. The first-order valence-corrected chi connectivity index (χ1v) is 5.14. The Bertz CT molecular complexity index is 382. The van der Waals surface area contributed by atoms with Crippen LogP contribution in [0.1, 0.15) is 12.5 Å². The standard InChI is InChI=1S/C11H14N4/c1-9-6-13-2-3-15(9)11-4-10(5-12)7-14-8-11/h4,7-9,13H,2-3,6H2,1H3/t9-/m0/s1. The number of piperazine rings is 1. The van der Waals surface area contributed by atoms with E-state index in [0.717, 1.165) is 25.3 Å². The van der Waals surface area contributed by atoms with Crippen molar-refractivity contribution in [3.05, 3.63) is 24.0 Å². The average molecular weight is 202 g/mol. The topological polar surface area (TPSA) is 52.0 Å². The van der Waals surface area contributed by atoms with Gasteiger partial charge in [0.25, 0.3) is 0 Å². The van der Waals surface area contributed by atoms with E-state index in [4.69, 9.17) is 5.26 Å². The third kappa shape index (κ3) is 2.08. The van der Waals surface area contributed by atoms with E-state index in [1.165, 1.54) is 0 Å². The molecule has 1 aromatic heterocycles. The Labute approximate surface area is 89.5 Å². The van der Waals surface area contributed by atoms with Gasteiger partial charge < -0.3 is 10.2 Å². The molecule has 1 aliphatic rings. The molecule has 0 spiro atoms. The smallest absolute Gasteiger partial charge is 0.101 e. The minimum atomic E-state index is 0.453. The minimum absolute atomic E-state index is 0.453. The van der Waals surface area contributed by atoms with E-state index < -0.39 is 0 Å². The SMILES string of the molecule is C[C@H]1CNCCN1c1cncc(C#N)c1. The van der Waals surface area contributed by atoms with Crippen LogP contribution in [0.4, 0.5) is 5.69 Å². The molecule has 4 heteroatoms. The van der Waals surface area contributed by atoms with E-state index in [-0.39, 0.29) is 0 Å². The van der Waals surface area contributed by atoms with Crippen molar-refractivity contribution in [3.63, 3.8) is 0 Å². The van der Waals surface area contributed by atoms with Crippen molar-refractivity contribution >= 4 is 5.69 Å². The summed E-state index contributed by atoms with van der Waals surface area (Å²) in [4.78, 5) is 6.36. The molecule has 0 aromatic carbocycles. The quantitative estimate of drug-likeness (QED) is 0.730. The summed E-state index contributed by atoms with van der Waals surface area (Å²) < 4.78 is 0. The van der Waals surface area contributed by atoms with E-state index in [9.17, 15) is 0 Å². The molecule has 0 amide bonds. The maximum absolute atomic E-state index is 8.81. The van der Waals surface area contributed by atoms with Gasteiger partial charge in [0, 0.05) is 31.9 Å². The molecule has 2 heterocycles. The maximum Gasteiger partial charge on any atom is 0.101 e. The van der Waals surface area contributed by atoms with Crippen LogP contribution in [-0.2, 0) is 0 Å². The number of pyridine rings is 1. The van der Waals surface area contributed by atoms with Gasteiger partial charge in [-0.05, 0) is 13.0 Å². The summed E-state index contributed by atoms with van der Waals surface area (Å²) in [6.45, 7) is 5.11. The zero-order valence-corrected chi connectivity index (χ0v) is 8.77. The lowest BCUT2D eigenvalue weighted by atomic mass is 10.2. The van der Waals surface area contributed by atoms with Gasteiger partial charge in [-0.2, -0.15) is 5.26 Å². The molecule has 1 atom stereocenters. The van der Waals surface area contributed by atoms with Crippen molar-refractivity contribution in [3.8, 4) is 6.07 Å². The van der Waals surface area contributed by atoms with E-state index in [2.05, 4.69) is 28.2 Å². The number of rotatable bonds is 1. The molecule has 1 saturated heterocycles. The largest absolute Gasteiger partial charge is 0.365 e. The van der Waals surface area contributed by atoms with Gasteiger partial charge in [0.05, 0.1) is 17.4 Å². The van der Waals surface area contributed by atoms with E-state index >= 15 is 0 Å². The van der Waals surface area contributed by atoms with Crippen molar-refractivity contribution in [2.45, 2.75) is 13.0 Å². The second kappa shape index (κ2) is 4.28. The van der Waals surface area contributed by atoms with Gasteiger partial charge in [0.1, 0.15) is 6.07 Å².